The topological polar surface area (TPSA) is 105 Å². The van der Waals surface area contributed by atoms with Crippen LogP contribution in [0.15, 0.2) is 48.5 Å². The Morgan fingerprint density at radius 3 is 2.41 bits per heavy atom. The minimum Gasteiger partial charge on any atom is -0.481 e. The second-order valence-electron chi connectivity index (χ2n) is 8.97. The highest BCUT2D eigenvalue weighted by Crippen LogP contribution is 2.44. The summed E-state index contributed by atoms with van der Waals surface area (Å²) in [5.74, 6) is -1.96. The average Bonchev–Trinajstić information content (AvgIpc) is 2.97. The molecule has 4 rings (SSSR count). The normalized spacial score (nSPS) is 18.4. The number of benzene rings is 2. The fourth-order valence-electron chi connectivity index (χ4n) is 4.59. The minimum absolute atomic E-state index is 0.00964. The Balaban J connectivity index is 1.25. The van der Waals surface area contributed by atoms with Crippen molar-refractivity contribution in [1.29, 1.82) is 0 Å². The molecule has 2 atom stereocenters. The summed E-state index contributed by atoms with van der Waals surface area (Å²) in [6.45, 7) is 3.33. The van der Waals surface area contributed by atoms with Crippen LogP contribution < -0.4 is 5.32 Å². The van der Waals surface area contributed by atoms with Gasteiger partial charge in [-0.05, 0) is 28.2 Å². The monoisotopic (exact) mass is 466 g/mol. The van der Waals surface area contributed by atoms with Gasteiger partial charge in [-0.2, -0.15) is 0 Å². The number of aliphatic carboxylic acids is 1. The fourth-order valence-corrected chi connectivity index (χ4v) is 4.59. The zero-order valence-electron chi connectivity index (χ0n) is 19.2. The minimum atomic E-state index is -0.968. The number of amides is 2. The highest BCUT2D eigenvalue weighted by atomic mass is 16.5. The number of hydrogen-bond donors (Lipinski definition) is 2. The summed E-state index contributed by atoms with van der Waals surface area (Å²) in [6, 6.07) is 16.3. The second-order valence-corrected chi connectivity index (χ2v) is 8.97. The Labute approximate surface area is 198 Å². The summed E-state index contributed by atoms with van der Waals surface area (Å²) < 4.78 is 10.8. The molecule has 0 bridgehead atoms. The van der Waals surface area contributed by atoms with E-state index in [1.165, 1.54) is 16.0 Å². The van der Waals surface area contributed by atoms with Gasteiger partial charge in [-0.1, -0.05) is 55.5 Å². The molecule has 2 unspecified atom stereocenters. The quantitative estimate of drug-likeness (QED) is 0.650. The van der Waals surface area contributed by atoms with Gasteiger partial charge in [0.1, 0.15) is 6.61 Å². The van der Waals surface area contributed by atoms with Gasteiger partial charge in [-0.15, -0.1) is 0 Å². The summed E-state index contributed by atoms with van der Waals surface area (Å²) in [5.41, 5.74) is 4.64. The molecule has 2 aromatic rings. The van der Waals surface area contributed by atoms with Crippen molar-refractivity contribution in [3.8, 4) is 11.1 Å². The standard InChI is InChI=1S/C26H30N2O6/c1-17(12-24(29)28-10-11-33-15-18(14-28)25(30)31)13-27-26(32)34-16-23-21-8-4-2-6-19(21)20-7-3-5-9-22(20)23/h2-9,17-18,23H,10-16H2,1H3,(H,27,32)(H,30,31). The van der Waals surface area contributed by atoms with Gasteiger partial charge in [0.05, 0.1) is 19.1 Å². The third-order valence-electron chi connectivity index (χ3n) is 6.43. The van der Waals surface area contributed by atoms with Crippen LogP contribution in [-0.4, -0.2) is 67.4 Å². The molecule has 2 N–H and O–H groups in total. The van der Waals surface area contributed by atoms with Crippen LogP contribution in [0.2, 0.25) is 0 Å². The van der Waals surface area contributed by atoms with Crippen LogP contribution in [0, 0.1) is 11.8 Å². The van der Waals surface area contributed by atoms with Gasteiger partial charge in [-0.25, -0.2) is 4.79 Å². The van der Waals surface area contributed by atoms with E-state index in [1.807, 2.05) is 31.2 Å². The number of ether oxygens (including phenoxy) is 2. The second kappa shape index (κ2) is 10.7. The molecule has 8 nitrogen and oxygen atoms in total. The van der Waals surface area contributed by atoms with E-state index in [4.69, 9.17) is 9.47 Å². The zero-order chi connectivity index (χ0) is 24.1. The van der Waals surface area contributed by atoms with Crippen molar-refractivity contribution < 1.29 is 29.0 Å². The Morgan fingerprint density at radius 1 is 1.12 bits per heavy atom. The molecule has 2 aliphatic rings. The molecule has 34 heavy (non-hydrogen) atoms. The predicted octanol–water partition coefficient (Wildman–Crippen LogP) is 3.11. The first-order valence-electron chi connectivity index (χ1n) is 11.6. The summed E-state index contributed by atoms with van der Waals surface area (Å²) in [7, 11) is 0. The molecular formula is C26H30N2O6. The smallest absolute Gasteiger partial charge is 0.407 e. The van der Waals surface area contributed by atoms with Crippen LogP contribution in [0.5, 0.6) is 0 Å². The molecule has 1 heterocycles. The van der Waals surface area contributed by atoms with Crippen molar-refractivity contribution in [2.24, 2.45) is 11.8 Å². The number of hydrogen-bond acceptors (Lipinski definition) is 5. The van der Waals surface area contributed by atoms with E-state index >= 15 is 0 Å². The number of carboxylic acid groups (broad SMARTS) is 1. The van der Waals surface area contributed by atoms with E-state index in [1.54, 1.807) is 0 Å². The van der Waals surface area contributed by atoms with Gasteiger partial charge in [0.2, 0.25) is 5.91 Å². The number of carbonyl (C=O) groups is 3. The van der Waals surface area contributed by atoms with E-state index in [0.29, 0.717) is 13.2 Å². The number of nitrogens with zero attached hydrogens (tertiary/aromatic N) is 1. The van der Waals surface area contributed by atoms with Crippen molar-refractivity contribution in [3.05, 3.63) is 59.7 Å². The van der Waals surface area contributed by atoms with Crippen molar-refractivity contribution in [2.75, 3.05) is 39.5 Å². The molecular weight excluding hydrogens is 436 g/mol. The molecule has 180 valence electrons. The fraction of sp³-hybridized carbons (Fsp3) is 0.423. The van der Waals surface area contributed by atoms with Crippen LogP contribution in [0.4, 0.5) is 4.79 Å². The zero-order valence-corrected chi connectivity index (χ0v) is 19.2. The molecule has 1 aliphatic carbocycles. The van der Waals surface area contributed by atoms with Gasteiger partial charge in [-0.3, -0.25) is 9.59 Å². The van der Waals surface area contributed by atoms with E-state index in [9.17, 15) is 19.5 Å². The summed E-state index contributed by atoms with van der Waals surface area (Å²) in [6.07, 6.45) is -0.314. The molecule has 1 saturated heterocycles. The lowest BCUT2D eigenvalue weighted by atomic mass is 9.98. The van der Waals surface area contributed by atoms with Gasteiger partial charge in [0.15, 0.2) is 0 Å². The lowest BCUT2D eigenvalue weighted by molar-refractivity contribution is -0.144. The molecule has 2 aromatic carbocycles. The maximum absolute atomic E-state index is 12.6. The molecule has 8 heteroatoms. The maximum Gasteiger partial charge on any atom is 0.407 e. The Hall–Kier alpha value is -3.39. The molecule has 0 radical (unpaired) electrons. The third-order valence-corrected chi connectivity index (χ3v) is 6.43. The van der Waals surface area contributed by atoms with Gasteiger partial charge in [0, 0.05) is 32.0 Å². The van der Waals surface area contributed by atoms with E-state index in [2.05, 4.69) is 29.6 Å². The number of fused-ring (bicyclic) bond motifs is 3. The maximum atomic E-state index is 12.6. The molecule has 0 spiro atoms. The molecule has 1 fully saturated rings. The van der Waals surface area contributed by atoms with Crippen molar-refractivity contribution in [1.82, 2.24) is 10.2 Å². The average molecular weight is 467 g/mol. The summed E-state index contributed by atoms with van der Waals surface area (Å²) in [5, 5.41) is 12.0. The molecule has 1 aliphatic heterocycles. The molecule has 0 aromatic heterocycles. The van der Waals surface area contributed by atoms with E-state index in [-0.39, 0.29) is 50.5 Å². The number of alkyl carbamates (subject to hydrolysis) is 1. The lowest BCUT2D eigenvalue weighted by Crippen LogP contribution is -2.39. The van der Waals surface area contributed by atoms with Crippen LogP contribution in [0.25, 0.3) is 11.1 Å². The number of rotatable bonds is 7. The first-order chi connectivity index (χ1) is 16.4. The van der Waals surface area contributed by atoms with Crippen LogP contribution in [0.3, 0.4) is 0 Å². The Morgan fingerprint density at radius 2 is 1.76 bits per heavy atom. The third kappa shape index (κ3) is 5.39. The highest BCUT2D eigenvalue weighted by Gasteiger charge is 2.30. The Bertz CT molecular complexity index is 1010. The van der Waals surface area contributed by atoms with E-state index < -0.39 is 18.0 Å². The van der Waals surface area contributed by atoms with Gasteiger partial charge < -0.3 is 24.8 Å². The number of carbonyl (C=O) groups excluding carboxylic acids is 2. The number of nitrogens with one attached hydrogen (secondary N) is 1. The lowest BCUT2D eigenvalue weighted by Gasteiger charge is -2.23. The molecule has 0 saturated carbocycles. The number of carboxylic acids is 1. The first-order valence-corrected chi connectivity index (χ1v) is 11.6. The van der Waals surface area contributed by atoms with Crippen LogP contribution >= 0.6 is 0 Å². The van der Waals surface area contributed by atoms with Gasteiger partial charge in [0.25, 0.3) is 0 Å². The Kier molecular flexibility index (Phi) is 7.47. The van der Waals surface area contributed by atoms with E-state index in [0.717, 1.165) is 11.1 Å². The summed E-state index contributed by atoms with van der Waals surface area (Å²) in [4.78, 5) is 37.8. The predicted molar refractivity (Wildman–Crippen MR) is 125 cm³/mol. The highest BCUT2D eigenvalue weighted by molar-refractivity contribution is 5.79. The van der Waals surface area contributed by atoms with Crippen molar-refractivity contribution in [3.63, 3.8) is 0 Å². The molecule has 2 amide bonds. The largest absolute Gasteiger partial charge is 0.481 e. The SMILES string of the molecule is CC(CNC(=O)OCC1c2ccccc2-c2ccccc21)CC(=O)N1CCOCC(C(=O)O)C1. The van der Waals surface area contributed by atoms with Crippen LogP contribution in [-0.2, 0) is 19.1 Å². The summed E-state index contributed by atoms with van der Waals surface area (Å²) >= 11 is 0. The van der Waals surface area contributed by atoms with Crippen molar-refractivity contribution >= 4 is 18.0 Å². The van der Waals surface area contributed by atoms with Crippen molar-refractivity contribution in [2.45, 2.75) is 19.3 Å². The van der Waals surface area contributed by atoms with Gasteiger partial charge >= 0.3 is 12.1 Å². The first kappa shape index (κ1) is 23.8. The van der Waals surface area contributed by atoms with Crippen LogP contribution in [0.1, 0.15) is 30.4 Å².